The van der Waals surface area contributed by atoms with Crippen LogP contribution in [-0.2, 0) is 19.9 Å². The standard InChI is InChI=1S/C17H20N2O/c1-19-12-11-18-16(19)10-9-14-7-4-6-13-5-2-3-8-15(13)17(14)20/h2-3,5,8,11-12,14H,4,6-7,9-10H2,1H3. The number of nitrogens with zero attached hydrogens (tertiary/aromatic N) is 2. The molecule has 1 aromatic carbocycles. The maximum absolute atomic E-state index is 12.7. The van der Waals surface area contributed by atoms with E-state index in [0.717, 1.165) is 43.5 Å². The van der Waals surface area contributed by atoms with Gasteiger partial charge in [0.25, 0.3) is 0 Å². The first kappa shape index (κ1) is 13.1. The molecule has 0 N–H and O–H groups in total. The fourth-order valence-corrected chi connectivity index (χ4v) is 3.08. The van der Waals surface area contributed by atoms with Crippen molar-refractivity contribution in [3.8, 4) is 0 Å². The second-order valence-corrected chi connectivity index (χ2v) is 5.60. The monoisotopic (exact) mass is 268 g/mol. The van der Waals surface area contributed by atoms with Crippen LogP contribution in [0.1, 0.15) is 41.0 Å². The van der Waals surface area contributed by atoms with E-state index >= 15 is 0 Å². The molecule has 0 amide bonds. The number of hydrogen-bond donors (Lipinski definition) is 0. The van der Waals surface area contributed by atoms with Crippen molar-refractivity contribution in [1.82, 2.24) is 9.55 Å². The Labute approximate surface area is 119 Å². The van der Waals surface area contributed by atoms with Crippen molar-refractivity contribution in [2.75, 3.05) is 0 Å². The average molecular weight is 268 g/mol. The van der Waals surface area contributed by atoms with Gasteiger partial charge in [-0.25, -0.2) is 4.98 Å². The predicted octanol–water partition coefficient (Wildman–Crippen LogP) is 3.19. The lowest BCUT2D eigenvalue weighted by atomic mass is 9.91. The summed E-state index contributed by atoms with van der Waals surface area (Å²) < 4.78 is 2.04. The molecule has 20 heavy (non-hydrogen) atoms. The molecule has 1 aliphatic rings. The second kappa shape index (κ2) is 5.61. The lowest BCUT2D eigenvalue weighted by molar-refractivity contribution is 0.0909. The Morgan fingerprint density at radius 1 is 1.35 bits per heavy atom. The van der Waals surface area contributed by atoms with Crippen LogP contribution in [0.15, 0.2) is 36.7 Å². The van der Waals surface area contributed by atoms with E-state index in [-0.39, 0.29) is 5.92 Å². The number of carbonyl (C=O) groups excluding carboxylic acids is 1. The van der Waals surface area contributed by atoms with Crippen LogP contribution < -0.4 is 0 Å². The molecule has 1 aromatic heterocycles. The van der Waals surface area contributed by atoms with Gasteiger partial charge in [0, 0.05) is 37.3 Å². The number of benzene rings is 1. The van der Waals surface area contributed by atoms with Gasteiger partial charge in [-0.15, -0.1) is 0 Å². The van der Waals surface area contributed by atoms with E-state index in [1.54, 1.807) is 0 Å². The zero-order valence-electron chi connectivity index (χ0n) is 11.9. The van der Waals surface area contributed by atoms with Crippen molar-refractivity contribution >= 4 is 5.78 Å². The number of imidazole rings is 1. The topological polar surface area (TPSA) is 34.9 Å². The third-order valence-corrected chi connectivity index (χ3v) is 4.29. The fraction of sp³-hybridized carbons (Fsp3) is 0.412. The van der Waals surface area contributed by atoms with E-state index in [2.05, 4.69) is 11.1 Å². The van der Waals surface area contributed by atoms with Crippen molar-refractivity contribution in [3.63, 3.8) is 0 Å². The molecule has 0 bridgehead atoms. The number of hydrogen-bond acceptors (Lipinski definition) is 2. The molecule has 0 aliphatic heterocycles. The molecule has 1 atom stereocenters. The molecule has 104 valence electrons. The lowest BCUT2D eigenvalue weighted by Crippen LogP contribution is -2.15. The van der Waals surface area contributed by atoms with E-state index in [0.29, 0.717) is 5.78 Å². The molecule has 1 heterocycles. The highest BCUT2D eigenvalue weighted by Crippen LogP contribution is 2.27. The number of ketones is 1. The number of aromatic nitrogens is 2. The van der Waals surface area contributed by atoms with E-state index in [4.69, 9.17) is 0 Å². The first-order chi connectivity index (χ1) is 9.75. The molecule has 0 fully saturated rings. The number of Topliss-reactive ketones (excluding diaryl/α,β-unsaturated/α-hetero) is 1. The largest absolute Gasteiger partial charge is 0.338 e. The predicted molar refractivity (Wildman–Crippen MR) is 78.7 cm³/mol. The van der Waals surface area contributed by atoms with Gasteiger partial charge in [0.1, 0.15) is 5.82 Å². The van der Waals surface area contributed by atoms with Gasteiger partial charge in [-0.05, 0) is 31.2 Å². The van der Waals surface area contributed by atoms with Gasteiger partial charge in [-0.2, -0.15) is 0 Å². The lowest BCUT2D eigenvalue weighted by Gasteiger charge is -2.13. The van der Waals surface area contributed by atoms with E-state index in [1.807, 2.05) is 42.2 Å². The van der Waals surface area contributed by atoms with E-state index in [9.17, 15) is 4.79 Å². The van der Waals surface area contributed by atoms with Crippen molar-refractivity contribution in [3.05, 3.63) is 53.6 Å². The van der Waals surface area contributed by atoms with Gasteiger partial charge in [0.2, 0.25) is 0 Å². The normalized spacial score (nSPS) is 18.6. The minimum Gasteiger partial charge on any atom is -0.338 e. The molecule has 2 aromatic rings. The summed E-state index contributed by atoms with van der Waals surface area (Å²) in [5, 5.41) is 0. The summed E-state index contributed by atoms with van der Waals surface area (Å²) >= 11 is 0. The van der Waals surface area contributed by atoms with Crippen LogP contribution in [0.25, 0.3) is 0 Å². The number of aryl methyl sites for hydroxylation is 3. The van der Waals surface area contributed by atoms with Gasteiger partial charge in [-0.1, -0.05) is 24.3 Å². The molecular weight excluding hydrogens is 248 g/mol. The van der Waals surface area contributed by atoms with Crippen LogP contribution in [0, 0.1) is 5.92 Å². The maximum Gasteiger partial charge on any atom is 0.166 e. The first-order valence-corrected chi connectivity index (χ1v) is 7.34. The van der Waals surface area contributed by atoms with Crippen molar-refractivity contribution < 1.29 is 4.79 Å². The van der Waals surface area contributed by atoms with Crippen LogP contribution >= 0.6 is 0 Å². The van der Waals surface area contributed by atoms with Crippen molar-refractivity contribution in [2.45, 2.75) is 32.1 Å². The van der Waals surface area contributed by atoms with E-state index in [1.165, 1.54) is 5.56 Å². The highest BCUT2D eigenvalue weighted by Gasteiger charge is 2.25. The fourth-order valence-electron chi connectivity index (χ4n) is 3.08. The minimum absolute atomic E-state index is 0.148. The molecule has 3 nitrogen and oxygen atoms in total. The third kappa shape index (κ3) is 2.53. The summed E-state index contributed by atoms with van der Waals surface area (Å²) in [5.74, 6) is 1.54. The van der Waals surface area contributed by atoms with Crippen LogP contribution in [0.4, 0.5) is 0 Å². The zero-order valence-corrected chi connectivity index (χ0v) is 11.9. The van der Waals surface area contributed by atoms with Gasteiger partial charge < -0.3 is 4.57 Å². The molecule has 0 saturated heterocycles. The van der Waals surface area contributed by atoms with Crippen LogP contribution in [-0.4, -0.2) is 15.3 Å². The van der Waals surface area contributed by atoms with Gasteiger partial charge in [0.05, 0.1) is 0 Å². The SMILES string of the molecule is Cn1ccnc1CCC1CCCc2ccccc2C1=O. The smallest absolute Gasteiger partial charge is 0.166 e. The summed E-state index contributed by atoms with van der Waals surface area (Å²) in [7, 11) is 2.01. The Hall–Kier alpha value is -1.90. The third-order valence-electron chi connectivity index (χ3n) is 4.29. The summed E-state index contributed by atoms with van der Waals surface area (Å²) in [6.07, 6.45) is 8.69. The Morgan fingerprint density at radius 3 is 3.00 bits per heavy atom. The van der Waals surface area contributed by atoms with Gasteiger partial charge in [-0.3, -0.25) is 4.79 Å². The quantitative estimate of drug-likeness (QED) is 0.801. The molecule has 1 aliphatic carbocycles. The van der Waals surface area contributed by atoms with Gasteiger partial charge in [0.15, 0.2) is 5.78 Å². The summed E-state index contributed by atoms with van der Waals surface area (Å²) in [4.78, 5) is 17.0. The molecule has 3 heteroatoms. The Morgan fingerprint density at radius 2 is 2.20 bits per heavy atom. The van der Waals surface area contributed by atoms with Crippen LogP contribution in [0.3, 0.4) is 0 Å². The number of carbonyl (C=O) groups is 1. The number of fused-ring (bicyclic) bond motifs is 1. The Bertz CT molecular complexity index is 615. The van der Waals surface area contributed by atoms with Gasteiger partial charge >= 0.3 is 0 Å². The highest BCUT2D eigenvalue weighted by atomic mass is 16.1. The summed E-state index contributed by atoms with van der Waals surface area (Å²) in [6, 6.07) is 8.07. The highest BCUT2D eigenvalue weighted by molar-refractivity contribution is 5.99. The molecule has 3 rings (SSSR count). The molecular formula is C17H20N2O. The van der Waals surface area contributed by atoms with E-state index < -0.39 is 0 Å². The molecule has 0 saturated carbocycles. The Kier molecular flexibility index (Phi) is 3.68. The average Bonchev–Trinajstić information content (AvgIpc) is 2.80. The van der Waals surface area contributed by atoms with Crippen molar-refractivity contribution in [1.29, 1.82) is 0 Å². The van der Waals surface area contributed by atoms with Crippen molar-refractivity contribution in [2.24, 2.45) is 13.0 Å². The molecule has 0 radical (unpaired) electrons. The van der Waals surface area contributed by atoms with Crippen LogP contribution in [0.2, 0.25) is 0 Å². The summed E-state index contributed by atoms with van der Waals surface area (Å²) in [5.41, 5.74) is 2.16. The second-order valence-electron chi connectivity index (χ2n) is 5.60. The maximum atomic E-state index is 12.7. The Balaban J connectivity index is 1.74. The molecule has 1 unspecified atom stereocenters. The van der Waals surface area contributed by atoms with Crippen LogP contribution in [0.5, 0.6) is 0 Å². The first-order valence-electron chi connectivity index (χ1n) is 7.34. The summed E-state index contributed by atoms with van der Waals surface area (Å²) in [6.45, 7) is 0. The zero-order chi connectivity index (χ0) is 13.9. The number of rotatable bonds is 3. The minimum atomic E-state index is 0.148. The molecule has 0 spiro atoms.